The van der Waals surface area contributed by atoms with Gasteiger partial charge in [0.2, 0.25) is 5.89 Å². The second kappa shape index (κ2) is 4.58. The smallest absolute Gasteiger partial charge is 0.243 e. The fourth-order valence-corrected chi connectivity index (χ4v) is 1.52. The number of halogens is 1. The van der Waals surface area contributed by atoms with E-state index >= 15 is 0 Å². The molecule has 1 aromatic heterocycles. The normalized spacial score (nSPS) is 22.4. The number of hydrogen-bond acceptors (Lipinski definition) is 4. The van der Waals surface area contributed by atoms with E-state index in [9.17, 15) is 0 Å². The molecule has 1 aliphatic heterocycles. The molecule has 0 radical (unpaired) electrons. The summed E-state index contributed by atoms with van der Waals surface area (Å²) in [6, 6.07) is 0.292. The summed E-state index contributed by atoms with van der Waals surface area (Å²) < 4.78 is 5.08. The molecule has 2 heterocycles. The van der Waals surface area contributed by atoms with Gasteiger partial charge in [0.25, 0.3) is 0 Å². The van der Waals surface area contributed by atoms with Crippen LogP contribution in [-0.4, -0.2) is 16.7 Å². The Morgan fingerprint density at radius 2 is 2.31 bits per heavy atom. The summed E-state index contributed by atoms with van der Waals surface area (Å²) in [6.45, 7) is 2.90. The van der Waals surface area contributed by atoms with Crippen molar-refractivity contribution in [1.29, 1.82) is 0 Å². The van der Waals surface area contributed by atoms with Crippen molar-refractivity contribution in [2.75, 3.05) is 6.54 Å². The monoisotopic (exact) mass is 203 g/mol. The maximum absolute atomic E-state index is 5.08. The van der Waals surface area contributed by atoms with Crippen LogP contribution >= 0.6 is 12.4 Å². The first-order valence-corrected chi connectivity index (χ1v) is 4.40. The van der Waals surface area contributed by atoms with Gasteiger partial charge in [-0.05, 0) is 26.3 Å². The third kappa shape index (κ3) is 2.42. The molecular weight excluding hydrogens is 190 g/mol. The summed E-state index contributed by atoms with van der Waals surface area (Å²) in [6.07, 6.45) is 3.62. The van der Waals surface area contributed by atoms with E-state index in [0.29, 0.717) is 6.04 Å². The molecule has 1 unspecified atom stereocenters. The molecule has 0 aliphatic carbocycles. The molecule has 13 heavy (non-hydrogen) atoms. The Bertz CT molecular complexity index is 258. The van der Waals surface area contributed by atoms with Crippen LogP contribution in [0.2, 0.25) is 0 Å². The standard InChI is InChI=1S/C8H13N3O.ClH/c1-6-10-8(12-11-6)7-4-2-3-5-9-7;/h7,9H,2-5H2,1H3;1H. The van der Waals surface area contributed by atoms with Gasteiger partial charge in [-0.2, -0.15) is 4.98 Å². The quantitative estimate of drug-likeness (QED) is 0.754. The molecule has 0 amide bonds. The molecule has 0 saturated carbocycles. The number of hydrogen-bond donors (Lipinski definition) is 1. The first-order valence-electron chi connectivity index (χ1n) is 4.40. The van der Waals surface area contributed by atoms with E-state index in [2.05, 4.69) is 15.5 Å². The Morgan fingerprint density at radius 3 is 2.85 bits per heavy atom. The van der Waals surface area contributed by atoms with Crippen molar-refractivity contribution in [1.82, 2.24) is 15.5 Å². The van der Waals surface area contributed by atoms with E-state index in [0.717, 1.165) is 24.7 Å². The lowest BCUT2D eigenvalue weighted by Gasteiger charge is -2.19. The lowest BCUT2D eigenvalue weighted by Crippen LogP contribution is -2.26. The van der Waals surface area contributed by atoms with Crippen LogP contribution in [0.3, 0.4) is 0 Å². The van der Waals surface area contributed by atoms with Gasteiger partial charge >= 0.3 is 0 Å². The summed E-state index contributed by atoms with van der Waals surface area (Å²) in [5.41, 5.74) is 0. The zero-order chi connectivity index (χ0) is 8.39. The number of aryl methyl sites for hydroxylation is 1. The van der Waals surface area contributed by atoms with Crippen molar-refractivity contribution in [3.8, 4) is 0 Å². The van der Waals surface area contributed by atoms with Gasteiger partial charge in [0.05, 0.1) is 6.04 Å². The minimum absolute atomic E-state index is 0. The number of piperidine rings is 1. The van der Waals surface area contributed by atoms with Crippen molar-refractivity contribution in [2.45, 2.75) is 32.2 Å². The maximum atomic E-state index is 5.08. The van der Waals surface area contributed by atoms with Gasteiger partial charge in [0.1, 0.15) is 0 Å². The molecule has 1 fully saturated rings. The second-order valence-corrected chi connectivity index (χ2v) is 3.18. The predicted molar refractivity (Wildman–Crippen MR) is 50.9 cm³/mol. The molecule has 1 N–H and O–H groups in total. The summed E-state index contributed by atoms with van der Waals surface area (Å²) in [4.78, 5) is 4.19. The van der Waals surface area contributed by atoms with Crippen molar-refractivity contribution >= 4 is 12.4 Å². The van der Waals surface area contributed by atoms with Crippen molar-refractivity contribution in [2.24, 2.45) is 0 Å². The summed E-state index contributed by atoms with van der Waals surface area (Å²) in [7, 11) is 0. The molecule has 0 bridgehead atoms. The molecule has 1 aliphatic rings. The van der Waals surface area contributed by atoms with Gasteiger partial charge in [-0.3, -0.25) is 0 Å². The summed E-state index contributed by atoms with van der Waals surface area (Å²) >= 11 is 0. The molecule has 1 atom stereocenters. The molecule has 0 aromatic carbocycles. The van der Waals surface area contributed by atoms with Crippen LogP contribution in [0.25, 0.3) is 0 Å². The fourth-order valence-electron chi connectivity index (χ4n) is 1.52. The topological polar surface area (TPSA) is 51.0 Å². The van der Waals surface area contributed by atoms with E-state index in [-0.39, 0.29) is 12.4 Å². The van der Waals surface area contributed by atoms with Gasteiger partial charge < -0.3 is 9.84 Å². The molecule has 2 rings (SSSR count). The summed E-state index contributed by atoms with van der Waals surface area (Å²) in [5, 5.41) is 7.12. The third-order valence-electron chi connectivity index (χ3n) is 2.15. The first-order chi connectivity index (χ1) is 5.86. The predicted octanol–water partition coefficient (Wildman–Crippen LogP) is 1.61. The highest BCUT2D eigenvalue weighted by Gasteiger charge is 2.19. The Morgan fingerprint density at radius 1 is 1.46 bits per heavy atom. The van der Waals surface area contributed by atoms with Gasteiger partial charge in [-0.15, -0.1) is 12.4 Å². The van der Waals surface area contributed by atoms with Gasteiger partial charge in [0.15, 0.2) is 5.82 Å². The van der Waals surface area contributed by atoms with E-state index in [4.69, 9.17) is 4.52 Å². The van der Waals surface area contributed by atoms with Gasteiger partial charge in [-0.25, -0.2) is 0 Å². The number of aromatic nitrogens is 2. The number of nitrogens with one attached hydrogen (secondary N) is 1. The highest BCUT2D eigenvalue weighted by atomic mass is 35.5. The number of nitrogens with zero attached hydrogens (tertiary/aromatic N) is 2. The molecule has 4 nitrogen and oxygen atoms in total. The lowest BCUT2D eigenvalue weighted by molar-refractivity contribution is 0.296. The molecule has 1 aromatic rings. The zero-order valence-corrected chi connectivity index (χ0v) is 8.43. The minimum Gasteiger partial charge on any atom is -0.338 e. The van der Waals surface area contributed by atoms with Crippen LogP contribution in [0.1, 0.15) is 37.0 Å². The highest BCUT2D eigenvalue weighted by Crippen LogP contribution is 2.20. The van der Waals surface area contributed by atoms with Gasteiger partial charge in [0, 0.05) is 0 Å². The molecule has 1 saturated heterocycles. The fraction of sp³-hybridized carbons (Fsp3) is 0.750. The van der Waals surface area contributed by atoms with E-state index < -0.39 is 0 Å². The Hall–Kier alpha value is -0.610. The molecule has 5 heteroatoms. The largest absolute Gasteiger partial charge is 0.338 e. The van der Waals surface area contributed by atoms with Crippen LogP contribution < -0.4 is 5.32 Å². The van der Waals surface area contributed by atoms with E-state index in [1.807, 2.05) is 6.92 Å². The highest BCUT2D eigenvalue weighted by molar-refractivity contribution is 5.85. The molecule has 0 spiro atoms. The van der Waals surface area contributed by atoms with E-state index in [1.165, 1.54) is 12.8 Å². The van der Waals surface area contributed by atoms with Crippen LogP contribution in [0.4, 0.5) is 0 Å². The average molecular weight is 204 g/mol. The van der Waals surface area contributed by atoms with Gasteiger partial charge in [-0.1, -0.05) is 11.6 Å². The van der Waals surface area contributed by atoms with Crippen molar-refractivity contribution in [3.05, 3.63) is 11.7 Å². The SMILES string of the molecule is Cc1noc(C2CCCCN2)n1.Cl. The minimum atomic E-state index is 0. The molecule has 74 valence electrons. The van der Waals surface area contributed by atoms with Crippen molar-refractivity contribution in [3.63, 3.8) is 0 Å². The van der Waals surface area contributed by atoms with E-state index in [1.54, 1.807) is 0 Å². The Labute approximate surface area is 83.5 Å². The molecular formula is C8H14ClN3O. The van der Waals surface area contributed by atoms with Crippen LogP contribution in [0.15, 0.2) is 4.52 Å². The Balaban J connectivity index is 0.000000845. The first kappa shape index (κ1) is 10.5. The van der Waals surface area contributed by atoms with Crippen molar-refractivity contribution < 1.29 is 4.52 Å². The maximum Gasteiger partial charge on any atom is 0.243 e. The van der Waals surface area contributed by atoms with Crippen LogP contribution in [0.5, 0.6) is 0 Å². The summed E-state index contributed by atoms with van der Waals surface area (Å²) in [5.74, 6) is 1.46. The third-order valence-corrected chi connectivity index (χ3v) is 2.15. The number of rotatable bonds is 1. The zero-order valence-electron chi connectivity index (χ0n) is 7.62. The Kier molecular flexibility index (Phi) is 3.69. The average Bonchev–Trinajstić information content (AvgIpc) is 2.54. The van der Waals surface area contributed by atoms with Crippen LogP contribution in [-0.2, 0) is 0 Å². The van der Waals surface area contributed by atoms with Crippen LogP contribution in [0, 0.1) is 6.92 Å². The lowest BCUT2D eigenvalue weighted by atomic mass is 10.1. The second-order valence-electron chi connectivity index (χ2n) is 3.18.